The van der Waals surface area contributed by atoms with Crippen LogP contribution in [0, 0.1) is 12.7 Å². The topological polar surface area (TPSA) is 59.5 Å². The first-order valence-corrected chi connectivity index (χ1v) is 10.9. The highest BCUT2D eigenvalue weighted by Gasteiger charge is 2.35. The van der Waals surface area contributed by atoms with Crippen molar-refractivity contribution in [3.05, 3.63) is 95.1 Å². The van der Waals surface area contributed by atoms with Crippen molar-refractivity contribution in [2.24, 2.45) is 0 Å². The zero-order chi connectivity index (χ0) is 21.8. The Morgan fingerprint density at radius 1 is 1.16 bits per heavy atom. The molecule has 1 amide bonds. The highest BCUT2D eigenvalue weighted by molar-refractivity contribution is 8.00. The van der Waals surface area contributed by atoms with Crippen LogP contribution in [0.3, 0.4) is 0 Å². The number of amides is 1. The molecule has 0 saturated carbocycles. The van der Waals surface area contributed by atoms with E-state index in [1.54, 1.807) is 47.6 Å². The van der Waals surface area contributed by atoms with Crippen molar-refractivity contribution in [2.75, 3.05) is 17.3 Å². The fourth-order valence-electron chi connectivity index (χ4n) is 3.51. The van der Waals surface area contributed by atoms with E-state index in [2.05, 4.69) is 4.98 Å². The van der Waals surface area contributed by atoms with Gasteiger partial charge in [-0.1, -0.05) is 12.1 Å². The molecule has 2 aromatic carbocycles. The quantitative estimate of drug-likeness (QED) is 0.524. The van der Waals surface area contributed by atoms with Crippen molar-refractivity contribution in [3.8, 4) is 0 Å². The minimum atomic E-state index is -0.402. The molecule has 1 fully saturated rings. The third-order valence-corrected chi connectivity index (χ3v) is 6.30. The van der Waals surface area contributed by atoms with E-state index in [1.807, 2.05) is 19.1 Å². The van der Waals surface area contributed by atoms with Gasteiger partial charge in [-0.2, -0.15) is 0 Å². The number of aromatic nitrogens is 1. The number of ether oxygens (including phenoxy) is 1. The number of aryl methyl sites for hydroxylation is 1. The number of rotatable bonds is 6. The Bertz CT molecular complexity index is 1090. The van der Waals surface area contributed by atoms with E-state index >= 15 is 0 Å². The Hall–Kier alpha value is -3.19. The van der Waals surface area contributed by atoms with Gasteiger partial charge in [0.05, 0.1) is 17.9 Å². The molecule has 31 heavy (non-hydrogen) atoms. The fraction of sp³-hybridized carbons (Fsp3) is 0.208. The zero-order valence-corrected chi connectivity index (χ0v) is 17.8. The van der Waals surface area contributed by atoms with Crippen LogP contribution in [-0.2, 0) is 16.0 Å². The maximum atomic E-state index is 13.3. The molecule has 2 heterocycles. The SMILES string of the molecule is Cc1cc(C(=O)OCCc2ccncc2)ccc1N1C(=O)CSC1c1ccc(F)cc1. The maximum Gasteiger partial charge on any atom is 0.338 e. The Balaban J connectivity index is 1.47. The van der Waals surface area contributed by atoms with Gasteiger partial charge in [-0.25, -0.2) is 9.18 Å². The van der Waals surface area contributed by atoms with Gasteiger partial charge in [-0.15, -0.1) is 11.8 Å². The van der Waals surface area contributed by atoms with Crippen LogP contribution in [0.2, 0.25) is 0 Å². The molecule has 0 aliphatic carbocycles. The standard InChI is InChI=1S/C24H21FN2O3S/c1-16-14-19(24(29)30-13-10-17-8-11-26-12-9-17)4-7-21(16)27-22(28)15-31-23(27)18-2-5-20(25)6-3-18/h2-9,11-12,14,23H,10,13,15H2,1H3. The molecule has 1 saturated heterocycles. The number of benzene rings is 2. The normalized spacial score (nSPS) is 15.9. The van der Waals surface area contributed by atoms with Crippen LogP contribution in [0.25, 0.3) is 0 Å². The molecule has 0 N–H and O–H groups in total. The number of nitrogens with zero attached hydrogens (tertiary/aromatic N) is 2. The largest absolute Gasteiger partial charge is 0.462 e. The molecule has 4 rings (SSSR count). The summed E-state index contributed by atoms with van der Waals surface area (Å²) >= 11 is 1.50. The van der Waals surface area contributed by atoms with Crippen LogP contribution in [-0.4, -0.2) is 29.2 Å². The number of hydrogen-bond acceptors (Lipinski definition) is 5. The minimum absolute atomic E-state index is 0.0184. The molecular formula is C24H21FN2O3S. The maximum absolute atomic E-state index is 13.3. The van der Waals surface area contributed by atoms with E-state index in [4.69, 9.17) is 4.74 Å². The van der Waals surface area contributed by atoms with E-state index in [1.165, 1.54) is 23.9 Å². The highest BCUT2D eigenvalue weighted by atomic mass is 32.2. The molecule has 0 radical (unpaired) electrons. The predicted molar refractivity (Wildman–Crippen MR) is 118 cm³/mol. The summed E-state index contributed by atoms with van der Waals surface area (Å²) in [6.07, 6.45) is 4.02. The first kappa shape index (κ1) is 21.1. The molecule has 1 unspecified atom stereocenters. The third-order valence-electron chi connectivity index (χ3n) is 5.09. The summed E-state index contributed by atoms with van der Waals surface area (Å²) in [4.78, 5) is 30.7. The molecule has 7 heteroatoms. The number of carbonyl (C=O) groups is 2. The molecular weight excluding hydrogens is 415 g/mol. The summed E-state index contributed by atoms with van der Waals surface area (Å²) in [7, 11) is 0. The summed E-state index contributed by atoms with van der Waals surface area (Å²) in [5.74, 6) is -0.385. The van der Waals surface area contributed by atoms with Crippen LogP contribution in [0.5, 0.6) is 0 Å². The number of anilines is 1. The Kier molecular flexibility index (Phi) is 6.32. The van der Waals surface area contributed by atoms with Crippen LogP contribution in [0.1, 0.15) is 32.4 Å². The van der Waals surface area contributed by atoms with Crippen molar-refractivity contribution in [1.82, 2.24) is 4.98 Å². The van der Waals surface area contributed by atoms with Crippen molar-refractivity contribution in [3.63, 3.8) is 0 Å². The summed E-state index contributed by atoms with van der Waals surface area (Å²) < 4.78 is 18.7. The lowest BCUT2D eigenvalue weighted by Gasteiger charge is -2.26. The van der Waals surface area contributed by atoms with Gasteiger partial charge < -0.3 is 4.74 Å². The van der Waals surface area contributed by atoms with Crippen molar-refractivity contribution in [1.29, 1.82) is 0 Å². The Labute approximate surface area is 184 Å². The molecule has 3 aromatic rings. The molecule has 1 aliphatic heterocycles. The van der Waals surface area contributed by atoms with Gasteiger partial charge >= 0.3 is 5.97 Å². The summed E-state index contributed by atoms with van der Waals surface area (Å²) in [5.41, 5.74) is 3.88. The molecule has 0 bridgehead atoms. The number of carbonyl (C=O) groups excluding carboxylic acids is 2. The van der Waals surface area contributed by atoms with E-state index in [9.17, 15) is 14.0 Å². The molecule has 158 valence electrons. The molecule has 1 aromatic heterocycles. The van der Waals surface area contributed by atoms with Crippen LogP contribution < -0.4 is 4.90 Å². The fourth-order valence-corrected chi connectivity index (χ4v) is 4.67. The second-order valence-electron chi connectivity index (χ2n) is 7.22. The van der Waals surface area contributed by atoms with E-state index in [0.717, 1.165) is 22.4 Å². The number of halogens is 1. The lowest BCUT2D eigenvalue weighted by atomic mass is 10.1. The number of esters is 1. The molecule has 1 atom stereocenters. The average molecular weight is 437 g/mol. The van der Waals surface area contributed by atoms with Crippen LogP contribution in [0.4, 0.5) is 10.1 Å². The number of hydrogen-bond donors (Lipinski definition) is 0. The van der Waals surface area contributed by atoms with Gasteiger partial charge in [0.1, 0.15) is 11.2 Å². The number of thioether (sulfide) groups is 1. The van der Waals surface area contributed by atoms with Gasteiger partial charge in [0.15, 0.2) is 0 Å². The lowest BCUT2D eigenvalue weighted by molar-refractivity contribution is -0.115. The smallest absolute Gasteiger partial charge is 0.338 e. The lowest BCUT2D eigenvalue weighted by Crippen LogP contribution is -2.28. The van der Waals surface area contributed by atoms with E-state index < -0.39 is 5.97 Å². The van der Waals surface area contributed by atoms with Gasteiger partial charge in [0.2, 0.25) is 5.91 Å². The summed E-state index contributed by atoms with van der Waals surface area (Å²) in [6.45, 7) is 2.14. The van der Waals surface area contributed by atoms with Gasteiger partial charge in [-0.05, 0) is 66.1 Å². The minimum Gasteiger partial charge on any atom is -0.462 e. The molecule has 1 aliphatic rings. The summed E-state index contributed by atoms with van der Waals surface area (Å²) in [5, 5.41) is -0.232. The second-order valence-corrected chi connectivity index (χ2v) is 8.29. The van der Waals surface area contributed by atoms with Crippen LogP contribution in [0.15, 0.2) is 67.0 Å². The van der Waals surface area contributed by atoms with E-state index in [-0.39, 0.29) is 23.7 Å². The first-order valence-electron chi connectivity index (χ1n) is 9.89. The van der Waals surface area contributed by atoms with Crippen molar-refractivity contribution < 1.29 is 18.7 Å². The predicted octanol–water partition coefficient (Wildman–Crippen LogP) is 4.71. The first-order chi connectivity index (χ1) is 15.0. The summed E-state index contributed by atoms with van der Waals surface area (Å²) in [6, 6.07) is 15.1. The van der Waals surface area contributed by atoms with Gasteiger partial charge in [-0.3, -0.25) is 14.7 Å². The van der Waals surface area contributed by atoms with Gasteiger partial charge in [0.25, 0.3) is 0 Å². The van der Waals surface area contributed by atoms with E-state index in [0.29, 0.717) is 17.7 Å². The monoisotopic (exact) mass is 436 g/mol. The Morgan fingerprint density at radius 3 is 2.61 bits per heavy atom. The second kappa shape index (κ2) is 9.31. The Morgan fingerprint density at radius 2 is 1.90 bits per heavy atom. The molecule has 0 spiro atoms. The van der Waals surface area contributed by atoms with Crippen molar-refractivity contribution >= 4 is 29.3 Å². The third kappa shape index (κ3) is 4.77. The zero-order valence-electron chi connectivity index (χ0n) is 17.0. The number of pyridine rings is 1. The highest BCUT2D eigenvalue weighted by Crippen LogP contribution is 2.42. The van der Waals surface area contributed by atoms with Gasteiger partial charge in [0, 0.05) is 24.5 Å². The average Bonchev–Trinajstić information content (AvgIpc) is 3.16. The van der Waals surface area contributed by atoms with Crippen LogP contribution >= 0.6 is 11.8 Å². The molecule has 5 nitrogen and oxygen atoms in total. The van der Waals surface area contributed by atoms with Crippen molar-refractivity contribution in [2.45, 2.75) is 18.7 Å².